The molecule has 0 atom stereocenters. The second kappa shape index (κ2) is 8.82. The van der Waals surface area contributed by atoms with Crippen molar-refractivity contribution in [2.45, 2.75) is 64.8 Å². The Kier molecular flexibility index (Phi) is 7.41. The van der Waals surface area contributed by atoms with Crippen LogP contribution in [0, 0.1) is 5.92 Å². The third kappa shape index (κ3) is 6.26. The number of carbonyl (C=O) groups is 2. The number of hydrogen-bond donors (Lipinski definition) is 2. The van der Waals surface area contributed by atoms with Gasteiger partial charge in [0.05, 0.1) is 0 Å². The molecule has 0 aromatic heterocycles. The fraction of sp³-hybridized carbons (Fsp3) is 0.867. The van der Waals surface area contributed by atoms with Crippen molar-refractivity contribution in [2.24, 2.45) is 5.92 Å². The van der Waals surface area contributed by atoms with Crippen molar-refractivity contribution in [3.63, 3.8) is 0 Å². The number of hydrogen-bond acceptors (Lipinski definition) is 2. The smallest absolute Gasteiger partial charge is 0.323 e. The van der Waals surface area contributed by atoms with E-state index in [9.17, 15) is 9.59 Å². The molecule has 2 N–H and O–H groups in total. The van der Waals surface area contributed by atoms with Gasteiger partial charge in [-0.15, -0.1) is 0 Å². The summed E-state index contributed by atoms with van der Waals surface area (Å²) in [6.45, 7) is 4.82. The molecule has 0 bridgehead atoms. The molecule has 0 unspecified atom stereocenters. The van der Waals surface area contributed by atoms with Gasteiger partial charge in [0.15, 0.2) is 0 Å². The van der Waals surface area contributed by atoms with Crippen molar-refractivity contribution in [2.75, 3.05) is 13.1 Å². The number of carboxylic acids is 1. The first kappa shape index (κ1) is 16.8. The number of carbonyl (C=O) groups excluding carboxylic acids is 1. The highest BCUT2D eigenvalue weighted by Gasteiger charge is 2.27. The van der Waals surface area contributed by atoms with Crippen LogP contribution < -0.4 is 5.32 Å². The van der Waals surface area contributed by atoms with Crippen LogP contribution in [-0.2, 0) is 4.79 Å². The molecule has 0 aromatic rings. The van der Waals surface area contributed by atoms with E-state index in [1.165, 1.54) is 4.90 Å². The summed E-state index contributed by atoms with van der Waals surface area (Å²) in [4.78, 5) is 24.5. The molecule has 2 amide bonds. The maximum Gasteiger partial charge on any atom is 0.323 e. The van der Waals surface area contributed by atoms with Crippen LogP contribution in [-0.4, -0.2) is 41.1 Å². The lowest BCUT2D eigenvalue weighted by molar-refractivity contribution is -0.138. The second-order valence-corrected chi connectivity index (χ2v) is 6.08. The van der Waals surface area contributed by atoms with Crippen LogP contribution in [0.25, 0.3) is 0 Å². The monoisotopic (exact) mass is 284 g/mol. The zero-order valence-corrected chi connectivity index (χ0v) is 12.7. The minimum absolute atomic E-state index is 0.0989. The largest absolute Gasteiger partial charge is 0.480 e. The highest BCUT2D eigenvalue weighted by atomic mass is 16.4. The van der Waals surface area contributed by atoms with Gasteiger partial charge in [-0.2, -0.15) is 0 Å². The predicted octanol–water partition coefficient (Wildman–Crippen LogP) is 2.85. The Morgan fingerprint density at radius 1 is 1.25 bits per heavy atom. The van der Waals surface area contributed by atoms with E-state index in [2.05, 4.69) is 19.2 Å². The summed E-state index contributed by atoms with van der Waals surface area (Å²) in [7, 11) is 0. The number of unbranched alkanes of at least 4 members (excludes halogenated alkanes) is 1. The van der Waals surface area contributed by atoms with Crippen molar-refractivity contribution in [1.29, 1.82) is 0 Å². The average Bonchev–Trinajstić information content (AvgIpc) is 2.88. The minimum Gasteiger partial charge on any atom is -0.480 e. The van der Waals surface area contributed by atoms with Gasteiger partial charge in [-0.25, -0.2) is 4.79 Å². The Labute approximate surface area is 121 Å². The summed E-state index contributed by atoms with van der Waals surface area (Å²) in [5.74, 6) is -0.250. The molecule has 0 heterocycles. The lowest BCUT2D eigenvalue weighted by Crippen LogP contribution is -2.47. The number of nitrogens with one attached hydrogen (secondary N) is 1. The molecule has 1 rings (SSSR count). The van der Waals surface area contributed by atoms with E-state index in [0.717, 1.165) is 44.9 Å². The normalized spacial score (nSPS) is 15.6. The molecule has 1 saturated carbocycles. The fourth-order valence-corrected chi connectivity index (χ4v) is 2.70. The number of urea groups is 1. The minimum atomic E-state index is -0.938. The number of amides is 2. The van der Waals surface area contributed by atoms with Crippen molar-refractivity contribution >= 4 is 12.0 Å². The van der Waals surface area contributed by atoms with Crippen LogP contribution >= 0.6 is 0 Å². The van der Waals surface area contributed by atoms with Crippen LogP contribution in [0.5, 0.6) is 0 Å². The molecule has 0 radical (unpaired) electrons. The molecule has 20 heavy (non-hydrogen) atoms. The Hall–Kier alpha value is -1.26. The molecule has 1 fully saturated rings. The van der Waals surface area contributed by atoms with Gasteiger partial charge in [0.25, 0.3) is 0 Å². The summed E-state index contributed by atoms with van der Waals surface area (Å²) in [5.41, 5.74) is 0. The lowest BCUT2D eigenvalue weighted by atomic mass is 10.1. The molecule has 116 valence electrons. The maximum absolute atomic E-state index is 12.1. The molecular formula is C15H28N2O3. The van der Waals surface area contributed by atoms with Gasteiger partial charge in [0.2, 0.25) is 0 Å². The molecule has 0 spiro atoms. The molecule has 0 aliphatic heterocycles. The molecule has 5 heteroatoms. The fourth-order valence-electron chi connectivity index (χ4n) is 2.70. The molecular weight excluding hydrogens is 256 g/mol. The van der Waals surface area contributed by atoms with Crippen molar-refractivity contribution in [3.8, 4) is 0 Å². The van der Waals surface area contributed by atoms with E-state index in [1.807, 2.05) is 0 Å². The number of carboxylic acid groups (broad SMARTS) is 1. The van der Waals surface area contributed by atoms with Crippen LogP contribution in [0.1, 0.15) is 58.8 Å². The van der Waals surface area contributed by atoms with Gasteiger partial charge < -0.3 is 15.3 Å². The number of nitrogens with zero attached hydrogens (tertiary/aromatic N) is 1. The summed E-state index contributed by atoms with van der Waals surface area (Å²) in [5, 5.41) is 11.8. The SMILES string of the molecule is CC(C)CCCCNC(=O)N(CC(=O)O)C1CCCC1. The first-order chi connectivity index (χ1) is 9.50. The Morgan fingerprint density at radius 2 is 1.90 bits per heavy atom. The van der Waals surface area contributed by atoms with E-state index in [4.69, 9.17) is 5.11 Å². The second-order valence-electron chi connectivity index (χ2n) is 6.08. The van der Waals surface area contributed by atoms with E-state index in [-0.39, 0.29) is 18.6 Å². The quantitative estimate of drug-likeness (QED) is 0.673. The van der Waals surface area contributed by atoms with E-state index < -0.39 is 5.97 Å². The Balaban J connectivity index is 2.33. The predicted molar refractivity (Wildman–Crippen MR) is 78.7 cm³/mol. The van der Waals surface area contributed by atoms with E-state index in [0.29, 0.717) is 12.5 Å². The summed E-state index contributed by atoms with van der Waals surface area (Å²) in [6.07, 6.45) is 7.24. The molecule has 0 aromatic carbocycles. The topological polar surface area (TPSA) is 69.6 Å². The highest BCUT2D eigenvalue weighted by molar-refractivity contribution is 5.80. The summed E-state index contributed by atoms with van der Waals surface area (Å²) < 4.78 is 0. The van der Waals surface area contributed by atoms with Crippen LogP contribution in [0.3, 0.4) is 0 Å². The van der Waals surface area contributed by atoms with E-state index >= 15 is 0 Å². The standard InChI is InChI=1S/C15H28N2O3/c1-12(2)7-5-6-10-16-15(20)17(11-14(18)19)13-8-3-4-9-13/h12-13H,3-11H2,1-2H3,(H,16,20)(H,18,19). The summed E-state index contributed by atoms with van der Waals surface area (Å²) >= 11 is 0. The third-order valence-corrected chi connectivity index (χ3v) is 3.82. The molecule has 1 aliphatic rings. The van der Waals surface area contributed by atoms with Gasteiger partial charge in [-0.1, -0.05) is 39.5 Å². The Bertz CT molecular complexity index is 312. The van der Waals surface area contributed by atoms with Gasteiger partial charge in [-0.05, 0) is 25.2 Å². The van der Waals surface area contributed by atoms with Gasteiger partial charge in [0, 0.05) is 12.6 Å². The number of rotatable bonds is 8. The van der Waals surface area contributed by atoms with Crippen molar-refractivity contribution < 1.29 is 14.7 Å². The van der Waals surface area contributed by atoms with Crippen LogP contribution in [0.15, 0.2) is 0 Å². The van der Waals surface area contributed by atoms with Crippen LogP contribution in [0.2, 0.25) is 0 Å². The zero-order valence-electron chi connectivity index (χ0n) is 12.7. The third-order valence-electron chi connectivity index (χ3n) is 3.82. The zero-order chi connectivity index (χ0) is 15.0. The first-order valence-electron chi connectivity index (χ1n) is 7.77. The van der Waals surface area contributed by atoms with E-state index in [1.54, 1.807) is 0 Å². The van der Waals surface area contributed by atoms with Gasteiger partial charge >= 0.3 is 12.0 Å². The van der Waals surface area contributed by atoms with Gasteiger partial charge in [0.1, 0.15) is 6.54 Å². The van der Waals surface area contributed by atoms with Gasteiger partial charge in [-0.3, -0.25) is 4.79 Å². The maximum atomic E-state index is 12.1. The lowest BCUT2D eigenvalue weighted by Gasteiger charge is -2.27. The average molecular weight is 284 g/mol. The highest BCUT2D eigenvalue weighted by Crippen LogP contribution is 2.23. The first-order valence-corrected chi connectivity index (χ1v) is 7.77. The number of aliphatic carboxylic acids is 1. The molecule has 1 aliphatic carbocycles. The molecule has 5 nitrogen and oxygen atoms in total. The van der Waals surface area contributed by atoms with Crippen molar-refractivity contribution in [3.05, 3.63) is 0 Å². The Morgan fingerprint density at radius 3 is 2.45 bits per heavy atom. The van der Waals surface area contributed by atoms with Crippen molar-refractivity contribution in [1.82, 2.24) is 10.2 Å². The summed E-state index contributed by atoms with van der Waals surface area (Å²) in [6, 6.07) is -0.120. The van der Waals surface area contributed by atoms with Crippen LogP contribution in [0.4, 0.5) is 4.79 Å². The molecule has 0 saturated heterocycles.